The fourth-order valence-electron chi connectivity index (χ4n) is 4.36. The fraction of sp³-hybridized carbons (Fsp3) is 0.211. The minimum Gasteiger partial charge on any atom is -0.355 e. The summed E-state index contributed by atoms with van der Waals surface area (Å²) < 4.78 is 25.0. The number of amides is 1. The van der Waals surface area contributed by atoms with Crippen LogP contribution in [0.2, 0.25) is 0 Å². The number of fused-ring (bicyclic) bond motifs is 6. The van der Waals surface area contributed by atoms with E-state index in [-0.39, 0.29) is 12.1 Å². The van der Waals surface area contributed by atoms with Crippen LogP contribution < -0.4 is 14.8 Å². The van der Waals surface area contributed by atoms with Gasteiger partial charge in [0.05, 0.1) is 22.6 Å². The molecule has 0 spiro atoms. The molecule has 5 rings (SSSR count). The molecule has 1 aromatic heterocycles. The van der Waals surface area contributed by atoms with Crippen molar-refractivity contribution < 1.29 is 13.2 Å². The fourth-order valence-corrected chi connectivity index (χ4v) is 4.82. The van der Waals surface area contributed by atoms with E-state index in [1.54, 1.807) is 12.1 Å². The molecule has 3 aromatic rings. The second-order valence-electron chi connectivity index (χ2n) is 7.17. The van der Waals surface area contributed by atoms with Gasteiger partial charge in [0.15, 0.2) is 0 Å². The van der Waals surface area contributed by atoms with Crippen molar-refractivity contribution >= 4 is 38.4 Å². The van der Waals surface area contributed by atoms with Crippen LogP contribution in [0.4, 0.5) is 11.4 Å². The largest absolute Gasteiger partial charge is 0.355 e. The van der Waals surface area contributed by atoms with Crippen LogP contribution in [0, 0.1) is 0 Å². The van der Waals surface area contributed by atoms with Gasteiger partial charge in [-0.2, -0.15) is 8.42 Å². The summed E-state index contributed by atoms with van der Waals surface area (Å²) in [5.74, 6) is 0.0274. The van der Waals surface area contributed by atoms with Gasteiger partial charge in [0.25, 0.3) is 16.1 Å². The van der Waals surface area contributed by atoms with E-state index in [1.165, 1.54) is 0 Å². The number of H-pyrrole nitrogens is 1. The number of hydrogen-bond acceptors (Lipinski definition) is 4. The number of hydrogen-bond donors (Lipinski definition) is 3. The summed E-state index contributed by atoms with van der Waals surface area (Å²) >= 11 is 0. The van der Waals surface area contributed by atoms with Gasteiger partial charge in [-0.1, -0.05) is 12.1 Å². The first-order chi connectivity index (χ1) is 13.3. The van der Waals surface area contributed by atoms with Crippen molar-refractivity contribution in [2.75, 3.05) is 23.2 Å². The maximum Gasteiger partial charge on any atom is 0.296 e. The smallest absolute Gasteiger partial charge is 0.296 e. The van der Waals surface area contributed by atoms with E-state index in [2.05, 4.69) is 14.6 Å². The average molecular weight is 397 g/mol. The Morgan fingerprint density at radius 2 is 2.00 bits per heavy atom. The summed E-state index contributed by atoms with van der Waals surface area (Å²) in [5.41, 5.74) is 4.97. The molecule has 0 aliphatic carbocycles. The molecule has 8 nitrogen and oxygen atoms in total. The van der Waals surface area contributed by atoms with E-state index < -0.39 is 10.2 Å². The van der Waals surface area contributed by atoms with Crippen LogP contribution in [-0.4, -0.2) is 37.8 Å². The van der Waals surface area contributed by atoms with Gasteiger partial charge in [0, 0.05) is 24.5 Å². The Balaban J connectivity index is 1.65. The standard InChI is InChI=1S/C19H19N5O3S/c1-23-16-5-3-2-4-13(16)19(25)24-9-8-12-14-10-11(22-28(20,26)27)6-7-15(14)21-17(12)18(23)24/h2-7,10,18,21-22H,8-9H2,1H3,(H2,20,26,27). The van der Waals surface area contributed by atoms with Crippen molar-refractivity contribution in [2.24, 2.45) is 5.14 Å². The molecule has 2 aliphatic rings. The van der Waals surface area contributed by atoms with Crippen molar-refractivity contribution in [1.29, 1.82) is 0 Å². The van der Waals surface area contributed by atoms with Gasteiger partial charge in [-0.05, 0) is 42.3 Å². The summed E-state index contributed by atoms with van der Waals surface area (Å²) in [6, 6.07) is 12.9. The molecule has 144 valence electrons. The molecule has 0 radical (unpaired) electrons. The molecule has 0 bridgehead atoms. The number of aromatic amines is 1. The quantitative estimate of drug-likeness (QED) is 0.613. The van der Waals surface area contributed by atoms with Crippen LogP contribution in [0.3, 0.4) is 0 Å². The van der Waals surface area contributed by atoms with Gasteiger partial charge < -0.3 is 14.8 Å². The highest BCUT2D eigenvalue weighted by atomic mass is 32.2. The molecule has 4 N–H and O–H groups in total. The first kappa shape index (κ1) is 17.1. The minimum absolute atomic E-state index is 0.0274. The first-order valence-electron chi connectivity index (χ1n) is 8.91. The second-order valence-corrected chi connectivity index (χ2v) is 8.47. The minimum atomic E-state index is -3.84. The Morgan fingerprint density at radius 1 is 1.21 bits per heavy atom. The highest BCUT2D eigenvalue weighted by Gasteiger charge is 2.41. The SMILES string of the molecule is CN1c2ccccc2C(=O)N2CCc3c([nH]c4ccc(NS(N)(=O)=O)cc34)C21. The molecule has 1 unspecified atom stereocenters. The monoisotopic (exact) mass is 397 g/mol. The molecule has 2 aromatic carbocycles. The summed E-state index contributed by atoms with van der Waals surface area (Å²) in [6.07, 6.45) is 0.458. The maximum absolute atomic E-state index is 13.0. The Labute approximate surface area is 162 Å². The highest BCUT2D eigenvalue weighted by molar-refractivity contribution is 7.90. The molecular formula is C19H19N5O3S. The van der Waals surface area contributed by atoms with Crippen molar-refractivity contribution in [3.63, 3.8) is 0 Å². The van der Waals surface area contributed by atoms with E-state index in [1.807, 2.05) is 42.3 Å². The third kappa shape index (κ3) is 2.47. The number of rotatable bonds is 2. The number of carbonyl (C=O) groups excluding carboxylic acids is 1. The maximum atomic E-state index is 13.0. The molecule has 1 atom stereocenters. The Morgan fingerprint density at radius 3 is 2.79 bits per heavy atom. The lowest BCUT2D eigenvalue weighted by Crippen LogP contribution is -2.51. The summed E-state index contributed by atoms with van der Waals surface area (Å²) in [7, 11) is -1.86. The first-order valence-corrected chi connectivity index (χ1v) is 10.5. The molecule has 9 heteroatoms. The lowest BCUT2D eigenvalue weighted by Gasteiger charge is -2.46. The van der Waals surface area contributed by atoms with Gasteiger partial charge in [-0.25, -0.2) is 5.14 Å². The molecule has 0 fully saturated rings. The number of nitrogens with one attached hydrogen (secondary N) is 2. The molecule has 28 heavy (non-hydrogen) atoms. The van der Waals surface area contributed by atoms with Crippen molar-refractivity contribution in [2.45, 2.75) is 12.6 Å². The normalized spacial score (nSPS) is 18.6. The second kappa shape index (κ2) is 5.73. The summed E-state index contributed by atoms with van der Waals surface area (Å²) in [5, 5.41) is 6.03. The van der Waals surface area contributed by atoms with Gasteiger partial charge in [0.2, 0.25) is 0 Å². The van der Waals surface area contributed by atoms with E-state index in [0.717, 1.165) is 27.8 Å². The number of nitrogens with two attached hydrogens (primary N) is 1. The average Bonchev–Trinajstić information content (AvgIpc) is 3.02. The predicted molar refractivity (Wildman–Crippen MR) is 107 cm³/mol. The van der Waals surface area contributed by atoms with Crippen molar-refractivity contribution in [3.8, 4) is 0 Å². The lowest BCUT2D eigenvalue weighted by molar-refractivity contribution is 0.0634. The third-order valence-electron chi connectivity index (χ3n) is 5.50. The number of para-hydroxylation sites is 1. The van der Waals surface area contributed by atoms with Crippen molar-refractivity contribution in [3.05, 3.63) is 59.3 Å². The number of benzene rings is 2. The van der Waals surface area contributed by atoms with Crippen LogP contribution in [0.15, 0.2) is 42.5 Å². The van der Waals surface area contributed by atoms with E-state index in [9.17, 15) is 13.2 Å². The van der Waals surface area contributed by atoms with Crippen LogP contribution >= 0.6 is 0 Å². The lowest BCUT2D eigenvalue weighted by atomic mass is 9.96. The molecule has 0 saturated carbocycles. The summed E-state index contributed by atoms with van der Waals surface area (Å²) in [4.78, 5) is 20.5. The zero-order valence-electron chi connectivity index (χ0n) is 15.1. The van der Waals surface area contributed by atoms with E-state index in [0.29, 0.717) is 24.2 Å². The van der Waals surface area contributed by atoms with Gasteiger partial charge in [0.1, 0.15) is 6.17 Å². The molecular weight excluding hydrogens is 378 g/mol. The number of aromatic nitrogens is 1. The molecule has 3 heterocycles. The van der Waals surface area contributed by atoms with Crippen LogP contribution in [0.1, 0.15) is 27.8 Å². The Bertz CT molecular complexity index is 1230. The Hall–Kier alpha value is -3.04. The van der Waals surface area contributed by atoms with Crippen molar-refractivity contribution in [1.82, 2.24) is 9.88 Å². The van der Waals surface area contributed by atoms with E-state index in [4.69, 9.17) is 5.14 Å². The number of anilines is 2. The summed E-state index contributed by atoms with van der Waals surface area (Å²) in [6.45, 7) is 0.592. The highest BCUT2D eigenvalue weighted by Crippen LogP contribution is 2.43. The van der Waals surface area contributed by atoms with Gasteiger partial charge in [-0.15, -0.1) is 0 Å². The zero-order valence-corrected chi connectivity index (χ0v) is 16.0. The van der Waals surface area contributed by atoms with Gasteiger partial charge >= 0.3 is 0 Å². The number of carbonyl (C=O) groups is 1. The molecule has 0 saturated heterocycles. The molecule has 2 aliphatic heterocycles. The van der Waals surface area contributed by atoms with Gasteiger partial charge in [-0.3, -0.25) is 9.52 Å². The zero-order chi connectivity index (χ0) is 19.6. The van der Waals surface area contributed by atoms with Crippen LogP contribution in [0.5, 0.6) is 0 Å². The number of nitrogens with zero attached hydrogens (tertiary/aromatic N) is 2. The third-order valence-corrected chi connectivity index (χ3v) is 6.02. The Kier molecular flexibility index (Phi) is 3.49. The van der Waals surface area contributed by atoms with E-state index >= 15 is 0 Å². The van der Waals surface area contributed by atoms with Crippen LogP contribution in [-0.2, 0) is 16.6 Å². The molecule has 1 amide bonds. The van der Waals surface area contributed by atoms with Crippen LogP contribution in [0.25, 0.3) is 10.9 Å². The predicted octanol–water partition coefficient (Wildman–Crippen LogP) is 1.93. The topological polar surface area (TPSA) is 112 Å².